The highest BCUT2D eigenvalue weighted by Gasteiger charge is 2.14. The monoisotopic (exact) mass is 414 g/mol. The zero-order valence-electron chi connectivity index (χ0n) is 15.0. The molecule has 2 aromatic rings. The van der Waals surface area contributed by atoms with Crippen LogP contribution in [0.25, 0.3) is 6.08 Å². The first kappa shape index (κ1) is 19.5. The van der Waals surface area contributed by atoms with E-state index in [2.05, 4.69) is 21.2 Å². The third-order valence-corrected chi connectivity index (χ3v) is 4.64. The van der Waals surface area contributed by atoms with E-state index < -0.39 is 5.91 Å². The highest BCUT2D eigenvalue weighted by atomic mass is 79.9. The van der Waals surface area contributed by atoms with Crippen LogP contribution in [-0.4, -0.2) is 20.1 Å². The van der Waals surface area contributed by atoms with Crippen molar-refractivity contribution in [3.63, 3.8) is 0 Å². The number of methoxy groups -OCH3 is 2. The fourth-order valence-electron chi connectivity index (χ4n) is 2.38. The molecule has 0 atom stereocenters. The Hall–Kier alpha value is -2.78. The Kier molecular flexibility index (Phi) is 6.42. The number of carbonyl (C=O) groups excluding carboxylic acids is 1. The molecule has 0 saturated carbocycles. The number of ether oxygens (including phenoxy) is 2. The molecule has 0 fully saturated rings. The quantitative estimate of drug-likeness (QED) is 0.571. The average Bonchev–Trinajstić information content (AvgIpc) is 2.63. The molecule has 26 heavy (non-hydrogen) atoms. The highest BCUT2D eigenvalue weighted by molar-refractivity contribution is 9.10. The standard InChI is InChI=1S/C20H19BrN2O3/c1-12-6-5-7-17(13(12)2)23-20(24)15(11-22)8-14-9-16(21)19(26-4)10-18(14)25-3/h5-10H,1-4H3,(H,23,24)/b15-8+. The van der Waals surface area contributed by atoms with Crippen molar-refractivity contribution in [3.8, 4) is 17.6 Å². The Balaban J connectivity index is 2.39. The van der Waals surface area contributed by atoms with Gasteiger partial charge in [-0.3, -0.25) is 4.79 Å². The van der Waals surface area contributed by atoms with Crippen molar-refractivity contribution in [2.75, 3.05) is 19.5 Å². The maximum Gasteiger partial charge on any atom is 0.266 e. The number of anilines is 1. The highest BCUT2D eigenvalue weighted by Crippen LogP contribution is 2.34. The Labute approximate surface area is 161 Å². The van der Waals surface area contributed by atoms with E-state index in [-0.39, 0.29) is 5.57 Å². The summed E-state index contributed by atoms with van der Waals surface area (Å²) in [6.45, 7) is 3.89. The van der Waals surface area contributed by atoms with Crippen LogP contribution in [-0.2, 0) is 4.79 Å². The topological polar surface area (TPSA) is 71.3 Å². The van der Waals surface area contributed by atoms with Crippen LogP contribution >= 0.6 is 15.9 Å². The summed E-state index contributed by atoms with van der Waals surface area (Å²) in [6, 6.07) is 11.0. The molecule has 0 radical (unpaired) electrons. The number of hydrogen-bond acceptors (Lipinski definition) is 4. The van der Waals surface area contributed by atoms with Crippen LogP contribution < -0.4 is 14.8 Å². The van der Waals surface area contributed by atoms with E-state index >= 15 is 0 Å². The number of rotatable bonds is 5. The van der Waals surface area contributed by atoms with E-state index in [0.717, 1.165) is 11.1 Å². The van der Waals surface area contributed by atoms with Crippen molar-refractivity contribution in [2.24, 2.45) is 0 Å². The molecule has 0 aliphatic carbocycles. The van der Waals surface area contributed by atoms with Crippen LogP contribution in [0.1, 0.15) is 16.7 Å². The van der Waals surface area contributed by atoms with Crippen LogP contribution in [0, 0.1) is 25.2 Å². The smallest absolute Gasteiger partial charge is 0.266 e. The van der Waals surface area contributed by atoms with Crippen molar-refractivity contribution in [1.82, 2.24) is 0 Å². The SMILES string of the molecule is COc1cc(OC)c(/C=C(\C#N)C(=O)Nc2cccc(C)c2C)cc1Br. The van der Waals surface area contributed by atoms with E-state index in [1.54, 1.807) is 25.3 Å². The van der Waals surface area contributed by atoms with Gasteiger partial charge in [0.05, 0.1) is 18.7 Å². The van der Waals surface area contributed by atoms with Gasteiger partial charge in [-0.15, -0.1) is 0 Å². The lowest BCUT2D eigenvalue weighted by atomic mass is 10.1. The maximum atomic E-state index is 12.5. The zero-order valence-corrected chi connectivity index (χ0v) is 16.6. The van der Waals surface area contributed by atoms with Crippen LogP contribution in [0.2, 0.25) is 0 Å². The molecule has 0 unspecified atom stereocenters. The average molecular weight is 415 g/mol. The van der Waals surface area contributed by atoms with E-state index in [9.17, 15) is 10.1 Å². The summed E-state index contributed by atoms with van der Waals surface area (Å²) in [7, 11) is 3.07. The predicted octanol–water partition coefficient (Wildman–Crippen LogP) is 4.63. The van der Waals surface area contributed by atoms with Crippen molar-refractivity contribution in [3.05, 3.63) is 57.1 Å². The van der Waals surface area contributed by atoms with Crippen LogP contribution in [0.4, 0.5) is 5.69 Å². The Morgan fingerprint density at radius 1 is 1.19 bits per heavy atom. The normalized spacial score (nSPS) is 10.8. The lowest BCUT2D eigenvalue weighted by molar-refractivity contribution is -0.112. The number of carbonyl (C=O) groups is 1. The van der Waals surface area contributed by atoms with Crippen molar-refractivity contribution < 1.29 is 14.3 Å². The van der Waals surface area contributed by atoms with Gasteiger partial charge in [0.1, 0.15) is 23.1 Å². The molecule has 0 aromatic heterocycles. The van der Waals surface area contributed by atoms with Gasteiger partial charge in [0, 0.05) is 17.3 Å². The van der Waals surface area contributed by atoms with Gasteiger partial charge >= 0.3 is 0 Å². The van der Waals surface area contributed by atoms with Crippen molar-refractivity contribution in [2.45, 2.75) is 13.8 Å². The fraction of sp³-hybridized carbons (Fsp3) is 0.200. The number of nitrogens with zero attached hydrogens (tertiary/aromatic N) is 1. The molecule has 1 N–H and O–H groups in total. The lowest BCUT2D eigenvalue weighted by Crippen LogP contribution is -2.14. The predicted molar refractivity (Wildman–Crippen MR) is 105 cm³/mol. The molecule has 6 heteroatoms. The summed E-state index contributed by atoms with van der Waals surface area (Å²) in [6.07, 6.45) is 1.49. The molecule has 0 aliphatic heterocycles. The van der Waals surface area contributed by atoms with Crippen LogP contribution in [0.5, 0.6) is 11.5 Å². The van der Waals surface area contributed by atoms with Gasteiger partial charge in [0.25, 0.3) is 5.91 Å². The third kappa shape index (κ3) is 4.24. The largest absolute Gasteiger partial charge is 0.496 e. The Morgan fingerprint density at radius 3 is 2.50 bits per heavy atom. The second-order valence-corrected chi connectivity index (χ2v) is 6.45. The number of benzene rings is 2. The lowest BCUT2D eigenvalue weighted by Gasteiger charge is -2.11. The number of aryl methyl sites for hydroxylation is 1. The first-order valence-corrected chi connectivity index (χ1v) is 8.61. The van der Waals surface area contributed by atoms with Gasteiger partial charge in [-0.2, -0.15) is 5.26 Å². The van der Waals surface area contributed by atoms with Gasteiger partial charge in [0.2, 0.25) is 0 Å². The molecule has 134 valence electrons. The summed E-state index contributed by atoms with van der Waals surface area (Å²) in [4.78, 5) is 12.5. The van der Waals surface area contributed by atoms with Crippen molar-refractivity contribution >= 4 is 33.6 Å². The summed E-state index contributed by atoms with van der Waals surface area (Å²) in [5.74, 6) is 0.616. The number of amides is 1. The van der Waals surface area contributed by atoms with E-state index in [0.29, 0.717) is 27.2 Å². The molecule has 0 bridgehead atoms. The number of halogens is 1. The van der Waals surface area contributed by atoms with Gasteiger partial charge < -0.3 is 14.8 Å². The van der Waals surface area contributed by atoms with Crippen LogP contribution in [0.15, 0.2) is 40.4 Å². The number of nitriles is 1. The Morgan fingerprint density at radius 2 is 1.88 bits per heavy atom. The number of hydrogen-bond donors (Lipinski definition) is 1. The molecule has 0 aliphatic rings. The van der Waals surface area contributed by atoms with Gasteiger partial charge in [-0.05, 0) is 59.1 Å². The maximum absolute atomic E-state index is 12.5. The van der Waals surface area contributed by atoms with E-state index in [1.165, 1.54) is 13.2 Å². The molecule has 0 spiro atoms. The van der Waals surface area contributed by atoms with Gasteiger partial charge in [-0.25, -0.2) is 0 Å². The second kappa shape index (κ2) is 8.54. The third-order valence-electron chi connectivity index (χ3n) is 4.02. The second-order valence-electron chi connectivity index (χ2n) is 5.60. The summed E-state index contributed by atoms with van der Waals surface area (Å²) < 4.78 is 11.3. The van der Waals surface area contributed by atoms with Crippen molar-refractivity contribution in [1.29, 1.82) is 5.26 Å². The molecule has 0 heterocycles. The molecule has 5 nitrogen and oxygen atoms in total. The van der Waals surface area contributed by atoms with E-state index in [1.807, 2.05) is 32.0 Å². The zero-order chi connectivity index (χ0) is 19.3. The molecule has 0 saturated heterocycles. The first-order chi connectivity index (χ1) is 12.4. The molecular formula is C20H19BrN2O3. The molecular weight excluding hydrogens is 396 g/mol. The Bertz CT molecular complexity index is 914. The minimum atomic E-state index is -0.477. The summed E-state index contributed by atoms with van der Waals surface area (Å²) in [5.41, 5.74) is 3.27. The first-order valence-electron chi connectivity index (χ1n) is 7.82. The number of nitrogens with one attached hydrogen (secondary N) is 1. The summed E-state index contributed by atoms with van der Waals surface area (Å²) in [5, 5.41) is 12.2. The molecule has 2 rings (SSSR count). The summed E-state index contributed by atoms with van der Waals surface area (Å²) >= 11 is 3.40. The van der Waals surface area contributed by atoms with E-state index in [4.69, 9.17) is 9.47 Å². The van der Waals surface area contributed by atoms with Crippen LogP contribution in [0.3, 0.4) is 0 Å². The fourth-order valence-corrected chi connectivity index (χ4v) is 2.90. The minimum absolute atomic E-state index is 0.0266. The molecule has 1 amide bonds. The minimum Gasteiger partial charge on any atom is -0.496 e. The van der Waals surface area contributed by atoms with Gasteiger partial charge in [0.15, 0.2) is 0 Å². The molecule has 2 aromatic carbocycles. The van der Waals surface area contributed by atoms with Gasteiger partial charge in [-0.1, -0.05) is 12.1 Å².